The molecule has 1 aliphatic rings. The van der Waals surface area contributed by atoms with Crippen LogP contribution in [0.5, 0.6) is 0 Å². The van der Waals surface area contributed by atoms with Crippen molar-refractivity contribution in [3.05, 3.63) is 33.9 Å². The highest BCUT2D eigenvalue weighted by molar-refractivity contribution is 5.63. The van der Waals surface area contributed by atoms with Crippen LogP contribution in [0.25, 0.3) is 0 Å². The first-order valence-electron chi connectivity index (χ1n) is 4.85. The normalized spacial score (nSPS) is 23.6. The van der Waals surface area contributed by atoms with Gasteiger partial charge in [0.1, 0.15) is 5.69 Å². The van der Waals surface area contributed by atoms with Crippen molar-refractivity contribution in [1.29, 1.82) is 0 Å². The van der Waals surface area contributed by atoms with Crippen molar-refractivity contribution >= 4 is 11.4 Å². The molecule has 1 fully saturated rings. The number of nitrogens with two attached hydrogens (primary N) is 1. The molecule has 1 saturated carbocycles. The summed E-state index contributed by atoms with van der Waals surface area (Å²) in [6, 6.07) is 5.35. The fraction of sp³-hybridized carbons (Fsp3) is 0.400. The Bertz CT molecular complexity index is 406. The van der Waals surface area contributed by atoms with E-state index in [0.29, 0.717) is 5.69 Å². The first-order chi connectivity index (χ1) is 7.08. The number of nitro groups is 1. The summed E-state index contributed by atoms with van der Waals surface area (Å²) < 4.78 is 0. The summed E-state index contributed by atoms with van der Waals surface area (Å²) in [6.45, 7) is 1.90. The Morgan fingerprint density at radius 2 is 2.27 bits per heavy atom. The molecule has 0 aliphatic heterocycles. The molecule has 0 saturated heterocycles. The summed E-state index contributed by atoms with van der Waals surface area (Å²) in [4.78, 5) is 10.4. The minimum absolute atomic E-state index is 0.111. The molecule has 0 bridgehead atoms. The Hall–Kier alpha value is -1.62. The highest BCUT2D eigenvalue weighted by Gasteiger charge is 2.34. The van der Waals surface area contributed by atoms with Crippen LogP contribution in [-0.4, -0.2) is 17.0 Å². The summed E-state index contributed by atoms with van der Waals surface area (Å²) in [5, 5.41) is 13.8. The molecular formula is C10H13N3O2. The van der Waals surface area contributed by atoms with Gasteiger partial charge in [-0.05, 0) is 25.0 Å². The lowest BCUT2D eigenvalue weighted by Gasteiger charge is -2.06. The zero-order valence-electron chi connectivity index (χ0n) is 8.43. The van der Waals surface area contributed by atoms with E-state index in [1.165, 1.54) is 6.07 Å². The lowest BCUT2D eigenvalue weighted by atomic mass is 10.2. The monoisotopic (exact) mass is 207 g/mol. The highest BCUT2D eigenvalue weighted by Crippen LogP contribution is 2.30. The third kappa shape index (κ3) is 2.07. The molecule has 5 heteroatoms. The molecule has 15 heavy (non-hydrogen) atoms. The van der Waals surface area contributed by atoms with Gasteiger partial charge in [-0.1, -0.05) is 6.07 Å². The molecular weight excluding hydrogens is 194 g/mol. The molecule has 2 unspecified atom stereocenters. The third-order valence-corrected chi connectivity index (χ3v) is 2.53. The van der Waals surface area contributed by atoms with Crippen molar-refractivity contribution < 1.29 is 4.92 Å². The van der Waals surface area contributed by atoms with E-state index in [9.17, 15) is 10.1 Å². The van der Waals surface area contributed by atoms with E-state index < -0.39 is 0 Å². The van der Waals surface area contributed by atoms with E-state index in [-0.39, 0.29) is 22.7 Å². The van der Waals surface area contributed by atoms with Gasteiger partial charge in [-0.3, -0.25) is 10.1 Å². The zero-order valence-corrected chi connectivity index (χ0v) is 8.43. The molecule has 0 heterocycles. The van der Waals surface area contributed by atoms with Crippen molar-refractivity contribution in [2.75, 3.05) is 5.32 Å². The molecule has 1 aromatic rings. The number of anilines is 1. The molecule has 3 N–H and O–H groups in total. The van der Waals surface area contributed by atoms with E-state index in [2.05, 4.69) is 5.32 Å². The lowest BCUT2D eigenvalue weighted by molar-refractivity contribution is -0.384. The summed E-state index contributed by atoms with van der Waals surface area (Å²) in [5.41, 5.74) is 7.32. The minimum Gasteiger partial charge on any atom is -0.375 e. The van der Waals surface area contributed by atoms with Crippen molar-refractivity contribution in [3.8, 4) is 0 Å². The van der Waals surface area contributed by atoms with Gasteiger partial charge in [0.05, 0.1) is 4.92 Å². The van der Waals surface area contributed by atoms with Crippen LogP contribution in [0.15, 0.2) is 18.2 Å². The third-order valence-electron chi connectivity index (χ3n) is 2.53. The van der Waals surface area contributed by atoms with Gasteiger partial charge >= 0.3 is 0 Å². The standard InChI is InChI=1S/C10H13N3O2/c1-6-2-3-10(13(14)15)9(4-6)12-8-5-7(8)11/h2-4,7-8,12H,5,11H2,1H3. The summed E-state index contributed by atoms with van der Waals surface area (Å²) in [5.74, 6) is 0. The topological polar surface area (TPSA) is 81.2 Å². The second-order valence-corrected chi connectivity index (χ2v) is 3.93. The molecule has 5 nitrogen and oxygen atoms in total. The Morgan fingerprint density at radius 3 is 2.80 bits per heavy atom. The molecule has 1 aromatic carbocycles. The fourth-order valence-corrected chi connectivity index (χ4v) is 1.51. The van der Waals surface area contributed by atoms with Crippen LogP contribution >= 0.6 is 0 Å². The average molecular weight is 207 g/mol. The fourth-order valence-electron chi connectivity index (χ4n) is 1.51. The van der Waals surface area contributed by atoms with Crippen LogP contribution in [0.1, 0.15) is 12.0 Å². The van der Waals surface area contributed by atoms with Crippen LogP contribution in [0, 0.1) is 17.0 Å². The van der Waals surface area contributed by atoms with Crippen LogP contribution in [0.3, 0.4) is 0 Å². The quantitative estimate of drug-likeness (QED) is 0.580. The molecule has 2 rings (SSSR count). The van der Waals surface area contributed by atoms with Crippen LogP contribution < -0.4 is 11.1 Å². The first-order valence-corrected chi connectivity index (χ1v) is 4.85. The highest BCUT2D eigenvalue weighted by atomic mass is 16.6. The van der Waals surface area contributed by atoms with Crippen molar-refractivity contribution in [2.24, 2.45) is 5.73 Å². The smallest absolute Gasteiger partial charge is 0.292 e. The lowest BCUT2D eigenvalue weighted by Crippen LogP contribution is -2.14. The maximum Gasteiger partial charge on any atom is 0.292 e. The van der Waals surface area contributed by atoms with Gasteiger partial charge in [0.2, 0.25) is 0 Å². The van der Waals surface area contributed by atoms with Crippen molar-refractivity contribution in [2.45, 2.75) is 25.4 Å². The summed E-state index contributed by atoms with van der Waals surface area (Å²) >= 11 is 0. The molecule has 80 valence electrons. The van der Waals surface area contributed by atoms with E-state index in [1.54, 1.807) is 12.1 Å². The molecule has 1 aliphatic carbocycles. The van der Waals surface area contributed by atoms with Crippen molar-refractivity contribution in [1.82, 2.24) is 0 Å². The first kappa shape index (κ1) is 9.92. The van der Waals surface area contributed by atoms with Gasteiger partial charge in [0.15, 0.2) is 0 Å². The zero-order chi connectivity index (χ0) is 11.0. The van der Waals surface area contributed by atoms with Crippen LogP contribution in [0.2, 0.25) is 0 Å². The van der Waals surface area contributed by atoms with Gasteiger partial charge in [-0.25, -0.2) is 0 Å². The molecule has 0 radical (unpaired) electrons. The van der Waals surface area contributed by atoms with Gasteiger partial charge in [-0.15, -0.1) is 0 Å². The second-order valence-electron chi connectivity index (χ2n) is 3.93. The predicted octanol–water partition coefficient (Wildman–Crippen LogP) is 1.41. The van der Waals surface area contributed by atoms with Crippen LogP contribution in [-0.2, 0) is 0 Å². The number of nitro benzene ring substituents is 1. The maximum atomic E-state index is 10.8. The van der Waals surface area contributed by atoms with Gasteiger partial charge in [0.25, 0.3) is 5.69 Å². The van der Waals surface area contributed by atoms with Gasteiger partial charge in [-0.2, -0.15) is 0 Å². The predicted molar refractivity (Wildman–Crippen MR) is 57.8 cm³/mol. The molecule has 0 aromatic heterocycles. The number of hydrogen-bond acceptors (Lipinski definition) is 4. The number of nitrogens with zero attached hydrogens (tertiary/aromatic N) is 1. The largest absolute Gasteiger partial charge is 0.375 e. The van der Waals surface area contributed by atoms with Gasteiger partial charge in [0, 0.05) is 18.2 Å². The molecule has 0 amide bonds. The van der Waals surface area contributed by atoms with E-state index in [1.807, 2.05) is 6.92 Å². The second kappa shape index (κ2) is 3.51. The summed E-state index contributed by atoms with van der Waals surface area (Å²) in [6.07, 6.45) is 0.880. The number of nitrogens with one attached hydrogen (secondary N) is 1. The molecule has 0 spiro atoms. The summed E-state index contributed by atoms with van der Waals surface area (Å²) in [7, 11) is 0. The van der Waals surface area contributed by atoms with Crippen LogP contribution in [0.4, 0.5) is 11.4 Å². The number of aryl methyl sites for hydroxylation is 1. The van der Waals surface area contributed by atoms with Gasteiger partial charge < -0.3 is 11.1 Å². The maximum absolute atomic E-state index is 10.8. The van der Waals surface area contributed by atoms with E-state index >= 15 is 0 Å². The van der Waals surface area contributed by atoms with E-state index in [0.717, 1.165) is 12.0 Å². The minimum atomic E-state index is -0.379. The number of benzene rings is 1. The number of rotatable bonds is 3. The Kier molecular flexibility index (Phi) is 2.32. The molecule has 2 atom stereocenters. The number of hydrogen-bond donors (Lipinski definition) is 2. The van der Waals surface area contributed by atoms with E-state index in [4.69, 9.17) is 5.73 Å². The Labute approximate surface area is 87.4 Å². The Balaban J connectivity index is 2.26. The van der Waals surface area contributed by atoms with Crippen molar-refractivity contribution in [3.63, 3.8) is 0 Å². The average Bonchev–Trinajstić information content (AvgIpc) is 2.81. The SMILES string of the molecule is Cc1ccc([N+](=O)[O-])c(NC2CC2N)c1. The Morgan fingerprint density at radius 1 is 1.60 bits per heavy atom.